The van der Waals surface area contributed by atoms with E-state index in [2.05, 4.69) is 11.0 Å². The average Bonchev–Trinajstić information content (AvgIpc) is 3.10. The highest BCUT2D eigenvalue weighted by Gasteiger charge is 2.50. The zero-order valence-electron chi connectivity index (χ0n) is 10.8. The summed E-state index contributed by atoms with van der Waals surface area (Å²) in [6.45, 7) is 3.80. The highest BCUT2D eigenvalue weighted by atomic mass is 19.1. The van der Waals surface area contributed by atoms with Gasteiger partial charge in [0.2, 0.25) is 0 Å². The van der Waals surface area contributed by atoms with Gasteiger partial charge in [0.05, 0.1) is 6.10 Å². The quantitative estimate of drug-likeness (QED) is 0.871. The normalized spacial score (nSPS) is 24.2. The third-order valence-electron chi connectivity index (χ3n) is 4.37. The Labute approximate surface area is 107 Å². The summed E-state index contributed by atoms with van der Waals surface area (Å²) in [6, 6.07) is 5.38. The minimum atomic E-state index is -0.147. The lowest BCUT2D eigenvalue weighted by atomic mass is 9.97. The van der Waals surface area contributed by atoms with Gasteiger partial charge in [0.25, 0.3) is 0 Å². The molecule has 2 fully saturated rings. The van der Waals surface area contributed by atoms with Gasteiger partial charge in [-0.1, -0.05) is 6.07 Å². The van der Waals surface area contributed by atoms with Gasteiger partial charge >= 0.3 is 0 Å². The molecule has 3 rings (SSSR count). The molecule has 18 heavy (non-hydrogen) atoms. The molecular formula is C15H20FNO. The predicted molar refractivity (Wildman–Crippen MR) is 68.9 cm³/mol. The molecule has 1 aromatic rings. The van der Waals surface area contributed by atoms with Crippen molar-refractivity contribution in [3.8, 4) is 0 Å². The first-order chi connectivity index (χ1) is 8.60. The Balaban J connectivity index is 1.86. The van der Waals surface area contributed by atoms with Gasteiger partial charge in [-0.05, 0) is 55.9 Å². The highest BCUT2D eigenvalue weighted by Crippen LogP contribution is 2.52. The lowest BCUT2D eigenvalue weighted by Gasteiger charge is -2.37. The van der Waals surface area contributed by atoms with Gasteiger partial charge in [-0.2, -0.15) is 0 Å². The molecule has 1 aliphatic carbocycles. The maximum atomic E-state index is 13.6. The van der Waals surface area contributed by atoms with E-state index in [-0.39, 0.29) is 17.5 Å². The van der Waals surface area contributed by atoms with Crippen LogP contribution >= 0.6 is 0 Å². The summed E-state index contributed by atoms with van der Waals surface area (Å²) in [5.41, 5.74) is 2.18. The van der Waals surface area contributed by atoms with Gasteiger partial charge in [0.1, 0.15) is 5.82 Å². The van der Waals surface area contributed by atoms with E-state index < -0.39 is 0 Å². The molecule has 1 saturated carbocycles. The fourth-order valence-corrected chi connectivity index (χ4v) is 3.20. The monoisotopic (exact) mass is 249 g/mol. The number of aryl methyl sites for hydroxylation is 1. The summed E-state index contributed by atoms with van der Waals surface area (Å²) in [4.78, 5) is 2.44. The van der Waals surface area contributed by atoms with Crippen LogP contribution in [0.3, 0.4) is 0 Å². The molecule has 0 bridgehead atoms. The molecule has 0 unspecified atom stereocenters. The topological polar surface area (TPSA) is 23.5 Å². The number of aliphatic hydroxyl groups is 1. The van der Waals surface area contributed by atoms with Crippen LogP contribution in [-0.2, 0) is 5.54 Å². The van der Waals surface area contributed by atoms with E-state index in [0.29, 0.717) is 0 Å². The lowest BCUT2D eigenvalue weighted by molar-refractivity contribution is 0.0521. The predicted octanol–water partition coefficient (Wildman–Crippen LogP) is 2.58. The van der Waals surface area contributed by atoms with Gasteiger partial charge in [-0.15, -0.1) is 0 Å². The van der Waals surface area contributed by atoms with E-state index in [9.17, 15) is 9.50 Å². The fourth-order valence-electron chi connectivity index (χ4n) is 3.20. The van der Waals surface area contributed by atoms with E-state index in [0.717, 1.165) is 49.9 Å². The fraction of sp³-hybridized carbons (Fsp3) is 0.600. The van der Waals surface area contributed by atoms with Crippen molar-refractivity contribution in [3.05, 3.63) is 35.1 Å². The SMILES string of the molecule is Cc1cc(F)cc(C2(N3CCC(O)CC3)CC2)c1. The molecule has 0 amide bonds. The van der Waals surface area contributed by atoms with Gasteiger partial charge in [0, 0.05) is 18.6 Å². The van der Waals surface area contributed by atoms with Crippen LogP contribution in [0.5, 0.6) is 0 Å². The number of likely N-dealkylation sites (tertiary alicyclic amines) is 1. The van der Waals surface area contributed by atoms with Crippen molar-refractivity contribution in [2.24, 2.45) is 0 Å². The summed E-state index contributed by atoms with van der Waals surface area (Å²) >= 11 is 0. The van der Waals surface area contributed by atoms with E-state index in [1.54, 1.807) is 12.1 Å². The lowest BCUT2D eigenvalue weighted by Crippen LogP contribution is -2.43. The Morgan fingerprint density at radius 2 is 1.89 bits per heavy atom. The van der Waals surface area contributed by atoms with Crippen molar-refractivity contribution in [1.82, 2.24) is 4.90 Å². The molecule has 98 valence electrons. The molecule has 1 saturated heterocycles. The Morgan fingerprint density at radius 1 is 1.22 bits per heavy atom. The second-order valence-electron chi connectivity index (χ2n) is 5.77. The molecule has 1 heterocycles. The molecule has 2 aliphatic rings. The number of benzene rings is 1. The first-order valence-electron chi connectivity index (χ1n) is 6.81. The number of aliphatic hydroxyl groups excluding tert-OH is 1. The number of halogens is 1. The molecular weight excluding hydrogens is 229 g/mol. The summed E-state index contributed by atoms with van der Waals surface area (Å²) in [6.07, 6.45) is 3.77. The summed E-state index contributed by atoms with van der Waals surface area (Å²) in [7, 11) is 0. The third kappa shape index (κ3) is 2.06. The maximum Gasteiger partial charge on any atom is 0.123 e. The number of hydrogen-bond donors (Lipinski definition) is 1. The molecule has 0 radical (unpaired) electrons. The Kier molecular flexibility index (Phi) is 2.91. The smallest absolute Gasteiger partial charge is 0.123 e. The standard InChI is InChI=1S/C15H20FNO/c1-11-8-12(10-13(16)9-11)15(4-5-15)17-6-2-14(18)3-7-17/h8-10,14,18H,2-7H2,1H3. The van der Waals surface area contributed by atoms with Gasteiger partial charge in [-0.3, -0.25) is 4.90 Å². The van der Waals surface area contributed by atoms with Crippen molar-refractivity contribution in [2.75, 3.05) is 13.1 Å². The van der Waals surface area contributed by atoms with Crippen LogP contribution in [-0.4, -0.2) is 29.2 Å². The maximum absolute atomic E-state index is 13.6. The number of hydrogen-bond acceptors (Lipinski definition) is 2. The Morgan fingerprint density at radius 3 is 2.44 bits per heavy atom. The number of nitrogens with zero attached hydrogens (tertiary/aromatic N) is 1. The van der Waals surface area contributed by atoms with E-state index in [1.807, 2.05) is 6.92 Å². The zero-order chi connectivity index (χ0) is 12.8. The molecule has 2 nitrogen and oxygen atoms in total. The van der Waals surface area contributed by atoms with Gasteiger partial charge in [-0.25, -0.2) is 4.39 Å². The van der Waals surface area contributed by atoms with Crippen LogP contribution < -0.4 is 0 Å². The number of piperidine rings is 1. The minimum absolute atomic E-state index is 0.0625. The zero-order valence-corrected chi connectivity index (χ0v) is 10.8. The van der Waals surface area contributed by atoms with Crippen LogP contribution in [0.2, 0.25) is 0 Å². The molecule has 0 spiro atoms. The summed E-state index contributed by atoms with van der Waals surface area (Å²) in [5, 5.41) is 9.59. The molecule has 1 aromatic carbocycles. The van der Waals surface area contributed by atoms with Crippen LogP contribution in [0, 0.1) is 12.7 Å². The molecule has 0 atom stereocenters. The van der Waals surface area contributed by atoms with E-state index in [4.69, 9.17) is 0 Å². The summed E-state index contributed by atoms with van der Waals surface area (Å²) in [5.74, 6) is -0.131. The highest BCUT2D eigenvalue weighted by molar-refractivity contribution is 5.34. The van der Waals surface area contributed by atoms with Crippen LogP contribution in [0.4, 0.5) is 4.39 Å². The van der Waals surface area contributed by atoms with Crippen molar-refractivity contribution in [2.45, 2.75) is 44.2 Å². The second kappa shape index (κ2) is 4.32. The van der Waals surface area contributed by atoms with Crippen molar-refractivity contribution in [1.29, 1.82) is 0 Å². The van der Waals surface area contributed by atoms with Gasteiger partial charge in [0.15, 0.2) is 0 Å². The second-order valence-corrected chi connectivity index (χ2v) is 5.77. The summed E-state index contributed by atoms with van der Waals surface area (Å²) < 4.78 is 13.6. The van der Waals surface area contributed by atoms with Gasteiger partial charge < -0.3 is 5.11 Å². The average molecular weight is 249 g/mol. The minimum Gasteiger partial charge on any atom is -0.393 e. The van der Waals surface area contributed by atoms with Crippen LogP contribution in [0.15, 0.2) is 18.2 Å². The largest absolute Gasteiger partial charge is 0.393 e. The number of rotatable bonds is 2. The Hall–Kier alpha value is -0.930. The first kappa shape index (κ1) is 12.1. The van der Waals surface area contributed by atoms with Crippen molar-refractivity contribution >= 4 is 0 Å². The molecule has 1 aliphatic heterocycles. The molecule has 1 N–H and O–H groups in total. The van der Waals surface area contributed by atoms with Crippen molar-refractivity contribution < 1.29 is 9.50 Å². The molecule has 0 aromatic heterocycles. The van der Waals surface area contributed by atoms with Crippen LogP contribution in [0.25, 0.3) is 0 Å². The van der Waals surface area contributed by atoms with E-state index in [1.165, 1.54) is 0 Å². The Bertz CT molecular complexity index is 428. The van der Waals surface area contributed by atoms with Crippen LogP contribution in [0.1, 0.15) is 36.8 Å². The molecule has 3 heteroatoms. The van der Waals surface area contributed by atoms with Crippen molar-refractivity contribution in [3.63, 3.8) is 0 Å². The first-order valence-corrected chi connectivity index (χ1v) is 6.81. The van der Waals surface area contributed by atoms with E-state index >= 15 is 0 Å². The third-order valence-corrected chi connectivity index (χ3v) is 4.37.